The third-order valence-corrected chi connectivity index (χ3v) is 0.972. The first-order chi connectivity index (χ1) is 4.22. The van der Waals surface area contributed by atoms with Crippen molar-refractivity contribution in [3.63, 3.8) is 0 Å². The number of hydrogen-bond donors (Lipinski definition) is 1. The number of ether oxygens (including phenoxy) is 1. The average molecular weight is 128 g/mol. The lowest BCUT2D eigenvalue weighted by Gasteiger charge is -1.96. The van der Waals surface area contributed by atoms with Crippen LogP contribution in [0, 0.1) is 0 Å². The molecule has 2 heteroatoms. The fourth-order valence-electron chi connectivity index (χ4n) is 0.465. The molecule has 0 unspecified atom stereocenters. The summed E-state index contributed by atoms with van der Waals surface area (Å²) in [6.45, 7) is 3.54. The van der Waals surface area contributed by atoms with E-state index >= 15 is 0 Å². The van der Waals surface area contributed by atoms with Crippen LogP contribution in [0.4, 0.5) is 0 Å². The van der Waals surface area contributed by atoms with Crippen molar-refractivity contribution in [1.82, 2.24) is 0 Å². The summed E-state index contributed by atoms with van der Waals surface area (Å²) in [7, 11) is 1.55. The van der Waals surface area contributed by atoms with Crippen molar-refractivity contribution < 1.29 is 9.84 Å². The van der Waals surface area contributed by atoms with Gasteiger partial charge in [0, 0.05) is 5.57 Å². The van der Waals surface area contributed by atoms with Gasteiger partial charge in [0.05, 0.1) is 13.4 Å². The molecule has 0 heterocycles. The predicted octanol–water partition coefficient (Wildman–Crippen LogP) is 2.00. The van der Waals surface area contributed by atoms with Gasteiger partial charge in [-0.15, -0.1) is 0 Å². The maximum Gasteiger partial charge on any atom is 0.117 e. The molecule has 52 valence electrons. The lowest BCUT2D eigenvalue weighted by Crippen LogP contribution is -1.82. The van der Waals surface area contributed by atoms with Gasteiger partial charge in [-0.25, -0.2) is 0 Å². The molecule has 0 aliphatic rings. The Hall–Kier alpha value is -0.920. The molecule has 0 aliphatic heterocycles. The third kappa shape index (κ3) is 2.80. The molecular weight excluding hydrogens is 116 g/mol. The molecule has 2 nitrogen and oxygen atoms in total. The van der Waals surface area contributed by atoms with Crippen molar-refractivity contribution in [2.75, 3.05) is 7.11 Å². The summed E-state index contributed by atoms with van der Waals surface area (Å²) in [5, 5.41) is 8.97. The molecule has 0 atom stereocenters. The molecule has 0 aromatic heterocycles. The Balaban J connectivity index is 4.03. The highest BCUT2D eigenvalue weighted by atomic mass is 16.5. The first-order valence-corrected chi connectivity index (χ1v) is 2.77. The minimum Gasteiger partial charge on any atom is -0.508 e. The van der Waals surface area contributed by atoms with E-state index in [1.54, 1.807) is 27.0 Å². The van der Waals surface area contributed by atoms with Crippen molar-refractivity contribution >= 4 is 0 Å². The fourth-order valence-corrected chi connectivity index (χ4v) is 0.465. The smallest absolute Gasteiger partial charge is 0.117 e. The zero-order chi connectivity index (χ0) is 7.28. The van der Waals surface area contributed by atoms with E-state index in [9.17, 15) is 0 Å². The van der Waals surface area contributed by atoms with Crippen molar-refractivity contribution in [3.8, 4) is 0 Å². The molecule has 0 saturated heterocycles. The normalized spacial score (nSPS) is 13.7. The lowest BCUT2D eigenvalue weighted by molar-refractivity contribution is 0.328. The quantitative estimate of drug-likeness (QED) is 0.455. The van der Waals surface area contributed by atoms with Gasteiger partial charge in [0.15, 0.2) is 0 Å². The second-order valence-electron chi connectivity index (χ2n) is 1.71. The largest absolute Gasteiger partial charge is 0.508 e. The van der Waals surface area contributed by atoms with Gasteiger partial charge < -0.3 is 9.84 Å². The highest BCUT2D eigenvalue weighted by Gasteiger charge is 1.91. The van der Waals surface area contributed by atoms with Crippen LogP contribution in [0.1, 0.15) is 13.8 Å². The van der Waals surface area contributed by atoms with Crippen LogP contribution in [0.25, 0.3) is 0 Å². The van der Waals surface area contributed by atoms with E-state index in [1.807, 2.05) is 0 Å². The molecule has 0 aliphatic carbocycles. The summed E-state index contributed by atoms with van der Waals surface area (Å²) in [4.78, 5) is 0. The lowest BCUT2D eigenvalue weighted by atomic mass is 10.3. The second kappa shape index (κ2) is 4.01. The Labute approximate surface area is 55.5 Å². The van der Waals surface area contributed by atoms with Crippen LogP contribution >= 0.6 is 0 Å². The average Bonchev–Trinajstić information content (AvgIpc) is 1.87. The van der Waals surface area contributed by atoms with Gasteiger partial charge in [-0.05, 0) is 19.9 Å². The number of aliphatic hydroxyl groups excluding tert-OH is 1. The van der Waals surface area contributed by atoms with Crippen LogP contribution in [-0.2, 0) is 4.74 Å². The molecule has 9 heavy (non-hydrogen) atoms. The van der Waals surface area contributed by atoms with Gasteiger partial charge in [0.2, 0.25) is 0 Å². The van der Waals surface area contributed by atoms with Crippen molar-refractivity contribution in [2.45, 2.75) is 13.8 Å². The molecule has 0 amide bonds. The van der Waals surface area contributed by atoms with Crippen LogP contribution in [0.15, 0.2) is 23.7 Å². The van der Waals surface area contributed by atoms with Gasteiger partial charge in [-0.1, -0.05) is 0 Å². The van der Waals surface area contributed by atoms with Gasteiger partial charge >= 0.3 is 0 Å². The minimum absolute atomic E-state index is 0.261. The van der Waals surface area contributed by atoms with Gasteiger partial charge in [0.25, 0.3) is 0 Å². The number of aliphatic hydroxyl groups is 1. The van der Waals surface area contributed by atoms with E-state index in [4.69, 9.17) is 5.11 Å². The van der Waals surface area contributed by atoms with Crippen molar-refractivity contribution in [1.29, 1.82) is 0 Å². The third-order valence-electron chi connectivity index (χ3n) is 0.972. The number of hydrogen-bond acceptors (Lipinski definition) is 2. The maximum atomic E-state index is 8.97. The van der Waals surface area contributed by atoms with E-state index in [1.165, 1.54) is 6.26 Å². The summed E-state index contributed by atoms with van der Waals surface area (Å²) >= 11 is 0. The van der Waals surface area contributed by atoms with Gasteiger partial charge in [-0.2, -0.15) is 0 Å². The highest BCUT2D eigenvalue weighted by Crippen LogP contribution is 2.03. The van der Waals surface area contributed by atoms with Crippen molar-refractivity contribution in [2.24, 2.45) is 0 Å². The minimum atomic E-state index is 0.261. The molecule has 1 N–H and O–H groups in total. The van der Waals surface area contributed by atoms with E-state index in [-0.39, 0.29) is 5.76 Å². The summed E-state index contributed by atoms with van der Waals surface area (Å²) in [5.74, 6) is 0.261. The van der Waals surface area contributed by atoms with E-state index in [0.29, 0.717) is 0 Å². The highest BCUT2D eigenvalue weighted by molar-refractivity contribution is 5.19. The molecule has 0 aromatic rings. The van der Waals surface area contributed by atoms with Crippen molar-refractivity contribution in [3.05, 3.63) is 23.7 Å². The number of rotatable bonds is 2. The predicted molar refractivity (Wildman–Crippen MR) is 37.2 cm³/mol. The zero-order valence-electron chi connectivity index (χ0n) is 6.01. The summed E-state index contributed by atoms with van der Waals surface area (Å²) < 4.78 is 4.66. The molecule has 0 spiro atoms. The fraction of sp³-hybridized carbons (Fsp3) is 0.429. The van der Waals surface area contributed by atoms with E-state index in [0.717, 1.165) is 5.57 Å². The summed E-state index contributed by atoms with van der Waals surface area (Å²) in [5.41, 5.74) is 0.736. The van der Waals surface area contributed by atoms with Crippen LogP contribution in [0.5, 0.6) is 0 Å². The maximum absolute atomic E-state index is 8.97. The van der Waals surface area contributed by atoms with Crippen LogP contribution in [0.2, 0.25) is 0 Å². The molecule has 0 bridgehead atoms. The SMILES string of the molecule is C/C=C(O)/C(C)=C/OC. The zero-order valence-corrected chi connectivity index (χ0v) is 6.01. The Kier molecular flexibility index (Phi) is 3.60. The number of allylic oxidation sites excluding steroid dienone is 2. The summed E-state index contributed by atoms with van der Waals surface area (Å²) in [6, 6.07) is 0. The first-order valence-electron chi connectivity index (χ1n) is 2.77. The molecule has 0 rings (SSSR count). The van der Waals surface area contributed by atoms with E-state index < -0.39 is 0 Å². The monoisotopic (exact) mass is 128 g/mol. The van der Waals surface area contributed by atoms with Gasteiger partial charge in [-0.3, -0.25) is 0 Å². The standard InChI is InChI=1S/C7H12O2/c1-4-7(8)6(2)5-9-3/h4-5,8H,1-3H3/b6-5+,7-4-. The molecule has 0 aromatic carbocycles. The first kappa shape index (κ1) is 8.08. The summed E-state index contributed by atoms with van der Waals surface area (Å²) in [6.07, 6.45) is 3.11. The molecule has 0 fully saturated rings. The molecule has 0 saturated carbocycles. The molecular formula is C7H12O2. The topological polar surface area (TPSA) is 29.5 Å². The Bertz CT molecular complexity index is 134. The Morgan fingerprint density at radius 3 is 2.44 bits per heavy atom. The van der Waals surface area contributed by atoms with Crippen LogP contribution < -0.4 is 0 Å². The Morgan fingerprint density at radius 2 is 2.11 bits per heavy atom. The van der Waals surface area contributed by atoms with Crippen LogP contribution in [-0.4, -0.2) is 12.2 Å². The van der Waals surface area contributed by atoms with Crippen LogP contribution in [0.3, 0.4) is 0 Å². The van der Waals surface area contributed by atoms with E-state index in [2.05, 4.69) is 4.74 Å². The van der Waals surface area contributed by atoms with Gasteiger partial charge in [0.1, 0.15) is 5.76 Å². The number of methoxy groups -OCH3 is 1. The second-order valence-corrected chi connectivity index (χ2v) is 1.71. The Morgan fingerprint density at radius 1 is 1.56 bits per heavy atom. The molecule has 0 radical (unpaired) electrons.